The van der Waals surface area contributed by atoms with Gasteiger partial charge in [-0.3, -0.25) is 14.6 Å². The van der Waals surface area contributed by atoms with Gasteiger partial charge in [0.15, 0.2) is 6.29 Å². The van der Waals surface area contributed by atoms with Gasteiger partial charge >= 0.3 is 5.97 Å². The van der Waals surface area contributed by atoms with Gasteiger partial charge in [-0.1, -0.05) is 32.4 Å². The normalized spacial score (nSPS) is 36.6. The third-order valence-electron chi connectivity index (χ3n) is 12.5. The quantitative estimate of drug-likeness (QED) is 0.133. The summed E-state index contributed by atoms with van der Waals surface area (Å²) >= 11 is 6.12. The minimum atomic E-state index is -1.78. The maximum absolute atomic E-state index is 13.6. The first-order valence-corrected chi connectivity index (χ1v) is 21.8. The predicted molar refractivity (Wildman–Crippen MR) is 232 cm³/mol. The van der Waals surface area contributed by atoms with Gasteiger partial charge in [-0.25, -0.2) is 0 Å². The molecular weight excluding hydrogens is 794 g/mol. The van der Waals surface area contributed by atoms with Crippen LogP contribution in [0, 0.1) is 17.8 Å². The van der Waals surface area contributed by atoms with E-state index in [1.807, 2.05) is 52.0 Å². The van der Waals surface area contributed by atoms with Crippen LogP contribution < -0.4 is 10.6 Å². The minimum absolute atomic E-state index is 0.0626. The third kappa shape index (κ3) is 12.5. The summed E-state index contributed by atoms with van der Waals surface area (Å²) in [5.74, 6) is -2.95. The van der Waals surface area contributed by atoms with Crippen molar-refractivity contribution in [2.75, 3.05) is 52.7 Å². The molecule has 4 rings (SSSR count). The molecule has 60 heavy (non-hydrogen) atoms. The van der Waals surface area contributed by atoms with E-state index in [1.165, 1.54) is 6.92 Å². The van der Waals surface area contributed by atoms with Crippen molar-refractivity contribution in [2.45, 2.75) is 147 Å². The zero-order chi connectivity index (χ0) is 44.7. The highest BCUT2D eigenvalue weighted by Crippen LogP contribution is 2.37. The lowest BCUT2D eigenvalue weighted by molar-refractivity contribution is -0.306. The zero-order valence-electron chi connectivity index (χ0n) is 37.4. The van der Waals surface area contributed by atoms with Gasteiger partial charge in [-0.05, 0) is 112 Å². The molecule has 0 unspecified atom stereocenters. The van der Waals surface area contributed by atoms with E-state index in [9.17, 15) is 30.0 Å². The highest BCUT2D eigenvalue weighted by atomic mass is 35.5. The Bertz CT molecular complexity index is 1700. The number of aliphatic hydroxyl groups is 4. The van der Waals surface area contributed by atoms with E-state index < -0.39 is 71.9 Å². The number of ether oxygens (including phenoxy) is 4. The van der Waals surface area contributed by atoms with Crippen LogP contribution in [-0.2, 0) is 28.5 Å². The molecule has 1 aromatic carbocycles. The fourth-order valence-electron chi connectivity index (χ4n) is 8.94. The lowest BCUT2D eigenvalue weighted by Gasteiger charge is -2.48. The highest BCUT2D eigenvalue weighted by Gasteiger charge is 2.50. The summed E-state index contributed by atoms with van der Waals surface area (Å²) < 4.78 is 25.6. The number of hydrogen-bond acceptors (Lipinski definition) is 14. The molecular formula is C44H72ClN5O10. The molecule has 2 aromatic rings. The lowest BCUT2D eigenvalue weighted by Crippen LogP contribution is -2.60. The van der Waals surface area contributed by atoms with Gasteiger partial charge in [0.2, 0.25) is 5.91 Å². The Labute approximate surface area is 361 Å². The minimum Gasteiger partial charge on any atom is -0.459 e. The van der Waals surface area contributed by atoms with Crippen LogP contribution in [0.1, 0.15) is 81.1 Å². The number of cyclic esters (lactones) is 1. The Balaban J connectivity index is 1.50. The van der Waals surface area contributed by atoms with E-state index in [2.05, 4.69) is 20.5 Å². The number of hydrogen-bond donors (Lipinski definition) is 6. The number of benzene rings is 1. The van der Waals surface area contributed by atoms with Crippen LogP contribution >= 0.6 is 11.6 Å². The molecule has 2 aliphatic rings. The summed E-state index contributed by atoms with van der Waals surface area (Å²) in [5.41, 5.74) is -1.82. The number of carbonyl (C=O) groups is 2. The second-order valence-corrected chi connectivity index (χ2v) is 18.5. The molecule has 2 fully saturated rings. The fraction of sp³-hybridized carbons (Fsp3) is 0.750. The molecule has 14 atom stereocenters. The van der Waals surface area contributed by atoms with Crippen molar-refractivity contribution in [3.8, 4) is 0 Å². The van der Waals surface area contributed by atoms with Crippen LogP contribution in [-0.4, -0.2) is 161 Å². The molecule has 0 radical (unpaired) electrons. The van der Waals surface area contributed by atoms with Crippen molar-refractivity contribution in [2.24, 2.45) is 17.8 Å². The molecule has 16 heteroatoms. The summed E-state index contributed by atoms with van der Waals surface area (Å²) in [6.45, 7) is 15.1. The first kappa shape index (κ1) is 50.0. The first-order chi connectivity index (χ1) is 28.1. The number of aromatic nitrogens is 1. The van der Waals surface area contributed by atoms with Gasteiger partial charge in [-0.2, -0.15) is 0 Å². The van der Waals surface area contributed by atoms with Crippen molar-refractivity contribution in [1.29, 1.82) is 0 Å². The van der Waals surface area contributed by atoms with Crippen LogP contribution in [0.3, 0.4) is 0 Å². The van der Waals surface area contributed by atoms with Crippen molar-refractivity contribution in [3.05, 3.63) is 35.5 Å². The van der Waals surface area contributed by atoms with Crippen LogP contribution in [0.5, 0.6) is 0 Å². The summed E-state index contributed by atoms with van der Waals surface area (Å²) in [6.07, 6.45) is -3.22. The SMILES string of the molecule is CC[C@H]1OC(=O)[C@H](C)[C@@H](O)[C@H](C)[C@@H](O[C@@H]2O[C@H](C)C[C@H](N(C)C)[C@H]2OCCCNC(=O)CNc2ccnc3cc(Cl)ccc23)[C@](C)(O)C[C@@H](C)CN(C)[C@H](C)[C@@H](O)[C@]1(C)O. The molecule has 0 aliphatic carbocycles. The van der Waals surface area contributed by atoms with Crippen LogP contribution in [0.2, 0.25) is 5.02 Å². The molecule has 6 N–H and O–H groups in total. The number of pyridine rings is 1. The predicted octanol–water partition coefficient (Wildman–Crippen LogP) is 3.82. The Hall–Kier alpha value is -2.70. The Kier molecular flexibility index (Phi) is 18.0. The van der Waals surface area contributed by atoms with E-state index in [1.54, 1.807) is 52.9 Å². The monoisotopic (exact) mass is 865 g/mol. The molecule has 2 aliphatic heterocycles. The molecule has 1 amide bonds. The molecule has 15 nitrogen and oxygen atoms in total. The van der Waals surface area contributed by atoms with Crippen LogP contribution in [0.25, 0.3) is 10.9 Å². The number of esters is 1. The van der Waals surface area contributed by atoms with E-state index in [4.69, 9.17) is 30.5 Å². The second-order valence-electron chi connectivity index (χ2n) is 18.0. The first-order valence-electron chi connectivity index (χ1n) is 21.4. The molecule has 2 saturated heterocycles. The smallest absolute Gasteiger partial charge is 0.311 e. The standard InChI is InChI=1S/C44H72ClN5O10/c1-12-35-44(8,56)39(53)29(6)50(11)24-25(2)22-43(7,55)40(27(4)37(52)28(5)41(54)59-35)60-42-38(34(49(9)10)20-26(3)58-42)57-19-13-17-47-36(51)23-48-32-16-18-46-33-21-30(45)14-15-31(32)33/h14-16,18,21,25-29,34-35,37-40,42,52-53,55-56H,12-13,17,19-20,22-24H2,1-11H3,(H,46,48)(H,47,51)/t25-,26-,27+,28-,29-,34+,35-,37+,38-,39-,40-,42+,43-,44-/m1/s1. The molecule has 0 bridgehead atoms. The molecule has 340 valence electrons. The fourth-order valence-corrected chi connectivity index (χ4v) is 9.10. The van der Waals surface area contributed by atoms with Gasteiger partial charge in [0, 0.05) is 60.0 Å². The third-order valence-corrected chi connectivity index (χ3v) is 12.8. The van der Waals surface area contributed by atoms with Crippen LogP contribution in [0.4, 0.5) is 5.69 Å². The number of nitrogens with zero attached hydrogens (tertiary/aromatic N) is 3. The Morgan fingerprint density at radius 1 is 1.12 bits per heavy atom. The molecule has 3 heterocycles. The average Bonchev–Trinajstić information content (AvgIpc) is 3.18. The van der Waals surface area contributed by atoms with E-state index in [0.29, 0.717) is 31.0 Å². The van der Waals surface area contributed by atoms with Gasteiger partial charge in [-0.15, -0.1) is 0 Å². The van der Waals surface area contributed by atoms with Gasteiger partial charge in [0.1, 0.15) is 23.9 Å². The topological polar surface area (TPSA) is 195 Å². The number of fused-ring (bicyclic) bond motifs is 1. The summed E-state index contributed by atoms with van der Waals surface area (Å²) in [5, 5.41) is 54.7. The van der Waals surface area contributed by atoms with Gasteiger partial charge < -0.3 is 59.8 Å². The number of carbonyl (C=O) groups excluding carboxylic acids is 2. The van der Waals surface area contributed by atoms with Crippen molar-refractivity contribution in [3.63, 3.8) is 0 Å². The number of halogens is 1. The van der Waals surface area contributed by atoms with E-state index >= 15 is 0 Å². The van der Waals surface area contributed by atoms with Gasteiger partial charge in [0.25, 0.3) is 0 Å². The Morgan fingerprint density at radius 2 is 1.82 bits per heavy atom. The van der Waals surface area contributed by atoms with Crippen LogP contribution in [0.15, 0.2) is 30.5 Å². The molecule has 1 aromatic heterocycles. The van der Waals surface area contributed by atoms with E-state index in [0.717, 1.165) is 16.6 Å². The number of anilines is 1. The second kappa shape index (κ2) is 21.6. The highest BCUT2D eigenvalue weighted by molar-refractivity contribution is 6.31. The number of likely N-dealkylation sites (N-methyl/N-ethyl adjacent to an activating group) is 2. The summed E-state index contributed by atoms with van der Waals surface area (Å²) in [6, 6.07) is 6.56. The van der Waals surface area contributed by atoms with Crippen molar-refractivity contribution in [1.82, 2.24) is 20.1 Å². The average molecular weight is 867 g/mol. The lowest BCUT2D eigenvalue weighted by atomic mass is 9.78. The molecule has 0 saturated carbocycles. The van der Waals surface area contributed by atoms with E-state index in [-0.39, 0.29) is 50.0 Å². The summed E-state index contributed by atoms with van der Waals surface area (Å²) in [4.78, 5) is 34.8. The number of aliphatic hydroxyl groups excluding tert-OH is 2. The zero-order valence-corrected chi connectivity index (χ0v) is 38.2. The van der Waals surface area contributed by atoms with Gasteiger partial charge in [0.05, 0.1) is 41.9 Å². The molecule has 0 spiro atoms. The largest absolute Gasteiger partial charge is 0.459 e. The van der Waals surface area contributed by atoms with Crippen molar-refractivity contribution >= 4 is 40.1 Å². The number of nitrogens with one attached hydrogen (secondary N) is 2. The number of rotatable bonds is 12. The van der Waals surface area contributed by atoms with Crippen molar-refractivity contribution < 1.29 is 49.0 Å². The Morgan fingerprint density at radius 3 is 2.48 bits per heavy atom. The maximum atomic E-state index is 13.6. The summed E-state index contributed by atoms with van der Waals surface area (Å²) in [7, 11) is 5.76. The maximum Gasteiger partial charge on any atom is 0.311 e. The number of amides is 1.